The lowest BCUT2D eigenvalue weighted by Crippen LogP contribution is -2.11. The molecule has 1 aromatic carbocycles. The molecular formula is C15H19N3O3. The van der Waals surface area contributed by atoms with Gasteiger partial charge in [-0.2, -0.15) is 0 Å². The van der Waals surface area contributed by atoms with Crippen molar-refractivity contribution in [1.29, 1.82) is 0 Å². The van der Waals surface area contributed by atoms with Crippen LogP contribution in [0, 0.1) is 10.1 Å². The molecule has 0 spiro atoms. The molecule has 0 unspecified atom stereocenters. The van der Waals surface area contributed by atoms with Gasteiger partial charge < -0.3 is 10.1 Å². The average Bonchev–Trinajstić information content (AvgIpc) is 2.50. The lowest BCUT2D eigenvalue weighted by atomic mass is 10.1. The summed E-state index contributed by atoms with van der Waals surface area (Å²) < 4.78 is 5.46. The van der Waals surface area contributed by atoms with E-state index in [-0.39, 0.29) is 5.69 Å². The summed E-state index contributed by atoms with van der Waals surface area (Å²) in [6.07, 6.45) is 3.41. The van der Waals surface area contributed by atoms with Crippen molar-refractivity contribution in [1.82, 2.24) is 4.98 Å². The number of para-hydroxylation sites is 1. The molecule has 0 saturated carbocycles. The Morgan fingerprint density at radius 1 is 1.33 bits per heavy atom. The summed E-state index contributed by atoms with van der Waals surface area (Å²) >= 11 is 0. The van der Waals surface area contributed by atoms with E-state index < -0.39 is 4.92 Å². The van der Waals surface area contributed by atoms with Crippen LogP contribution in [0.25, 0.3) is 10.9 Å². The zero-order valence-corrected chi connectivity index (χ0v) is 12.0. The fourth-order valence-electron chi connectivity index (χ4n) is 2.05. The number of nitro groups is 1. The van der Waals surface area contributed by atoms with E-state index in [0.717, 1.165) is 30.4 Å². The highest BCUT2D eigenvalue weighted by atomic mass is 16.6. The molecule has 1 aromatic heterocycles. The van der Waals surface area contributed by atoms with E-state index in [1.807, 2.05) is 24.3 Å². The first-order chi connectivity index (χ1) is 10.2. The molecule has 0 atom stereocenters. The van der Waals surface area contributed by atoms with E-state index in [2.05, 4.69) is 17.2 Å². The third kappa shape index (κ3) is 3.88. The van der Waals surface area contributed by atoms with E-state index >= 15 is 0 Å². The lowest BCUT2D eigenvalue weighted by molar-refractivity contribution is -0.384. The Labute approximate surface area is 123 Å². The fraction of sp³-hybridized carbons (Fsp3) is 0.400. The van der Waals surface area contributed by atoms with Gasteiger partial charge in [0.15, 0.2) is 0 Å². The van der Waals surface area contributed by atoms with Gasteiger partial charge in [0, 0.05) is 18.5 Å². The van der Waals surface area contributed by atoms with Gasteiger partial charge in [-0.05, 0) is 12.5 Å². The number of unbranched alkanes of at least 4 members (excludes halogenated alkanes) is 1. The average molecular weight is 289 g/mol. The summed E-state index contributed by atoms with van der Waals surface area (Å²) in [5, 5.41) is 15.0. The van der Waals surface area contributed by atoms with Crippen LogP contribution < -0.4 is 5.32 Å². The largest absolute Gasteiger partial charge is 0.380 e. The highest BCUT2D eigenvalue weighted by Crippen LogP contribution is 2.30. The third-order valence-electron chi connectivity index (χ3n) is 3.14. The topological polar surface area (TPSA) is 77.3 Å². The molecule has 0 fully saturated rings. The second kappa shape index (κ2) is 7.54. The van der Waals surface area contributed by atoms with Crippen LogP contribution in [0.2, 0.25) is 0 Å². The number of anilines is 1. The smallest absolute Gasteiger partial charge is 0.311 e. The number of ether oxygens (including phenoxy) is 1. The van der Waals surface area contributed by atoms with Crippen molar-refractivity contribution in [3.05, 3.63) is 40.6 Å². The van der Waals surface area contributed by atoms with Gasteiger partial charge in [-0.25, -0.2) is 4.98 Å². The molecule has 0 amide bonds. The zero-order valence-electron chi connectivity index (χ0n) is 12.0. The Hall–Kier alpha value is -2.21. The number of aromatic nitrogens is 1. The maximum atomic E-state index is 11.1. The molecule has 0 aliphatic rings. The summed E-state index contributed by atoms with van der Waals surface area (Å²) in [4.78, 5) is 14.8. The molecule has 1 N–H and O–H groups in total. The number of nitrogens with one attached hydrogen (secondary N) is 1. The van der Waals surface area contributed by atoms with Gasteiger partial charge in [-0.15, -0.1) is 0 Å². The first-order valence-corrected chi connectivity index (χ1v) is 7.07. The predicted molar refractivity (Wildman–Crippen MR) is 82.6 cm³/mol. The van der Waals surface area contributed by atoms with Crippen LogP contribution in [-0.4, -0.2) is 29.7 Å². The van der Waals surface area contributed by atoms with Crippen molar-refractivity contribution >= 4 is 22.3 Å². The molecule has 0 radical (unpaired) electrons. The quantitative estimate of drug-likeness (QED) is 0.458. The first kappa shape index (κ1) is 15.2. The van der Waals surface area contributed by atoms with Gasteiger partial charge in [0.25, 0.3) is 0 Å². The molecule has 1 heterocycles. The van der Waals surface area contributed by atoms with Crippen LogP contribution >= 0.6 is 0 Å². The van der Waals surface area contributed by atoms with Crippen molar-refractivity contribution in [2.75, 3.05) is 25.1 Å². The Bertz CT molecular complexity index is 616. The number of benzene rings is 1. The van der Waals surface area contributed by atoms with E-state index in [0.29, 0.717) is 18.8 Å². The Balaban J connectivity index is 2.12. The van der Waals surface area contributed by atoms with Crippen LogP contribution in [-0.2, 0) is 4.74 Å². The summed E-state index contributed by atoms with van der Waals surface area (Å²) in [6, 6.07) is 7.37. The molecule has 0 saturated heterocycles. The SMILES string of the molecule is CCCCOCCNc1c([N+](=O)[O-])cnc2ccccc12. The Kier molecular flexibility index (Phi) is 5.45. The number of pyridine rings is 1. The molecule has 0 aliphatic carbocycles. The number of hydrogen-bond donors (Lipinski definition) is 1. The molecule has 0 bridgehead atoms. The minimum atomic E-state index is -0.417. The van der Waals surface area contributed by atoms with E-state index in [1.165, 1.54) is 6.20 Å². The Morgan fingerprint density at radius 3 is 2.90 bits per heavy atom. The Morgan fingerprint density at radius 2 is 2.14 bits per heavy atom. The van der Waals surface area contributed by atoms with Gasteiger partial charge in [0.05, 0.1) is 17.0 Å². The summed E-state index contributed by atoms with van der Waals surface area (Å²) in [7, 11) is 0. The molecule has 6 nitrogen and oxygen atoms in total. The maximum Gasteiger partial charge on any atom is 0.311 e. The van der Waals surface area contributed by atoms with Crippen LogP contribution in [0.15, 0.2) is 30.5 Å². The van der Waals surface area contributed by atoms with Crippen LogP contribution in [0.5, 0.6) is 0 Å². The normalized spacial score (nSPS) is 10.7. The summed E-state index contributed by atoms with van der Waals surface area (Å²) in [5.41, 5.74) is 1.23. The van der Waals surface area contributed by atoms with Crippen molar-refractivity contribution in [2.45, 2.75) is 19.8 Å². The van der Waals surface area contributed by atoms with Crippen molar-refractivity contribution in [2.24, 2.45) is 0 Å². The molecule has 112 valence electrons. The number of nitrogens with zero attached hydrogens (tertiary/aromatic N) is 2. The van der Waals surface area contributed by atoms with Crippen LogP contribution in [0.4, 0.5) is 11.4 Å². The minimum absolute atomic E-state index is 0.0118. The molecule has 6 heteroatoms. The minimum Gasteiger partial charge on any atom is -0.380 e. The van der Waals surface area contributed by atoms with Gasteiger partial charge >= 0.3 is 5.69 Å². The van der Waals surface area contributed by atoms with E-state index in [1.54, 1.807) is 0 Å². The van der Waals surface area contributed by atoms with Crippen molar-refractivity contribution < 1.29 is 9.66 Å². The van der Waals surface area contributed by atoms with Gasteiger partial charge in [0.1, 0.15) is 11.9 Å². The number of rotatable bonds is 8. The monoisotopic (exact) mass is 289 g/mol. The number of hydrogen-bond acceptors (Lipinski definition) is 5. The van der Waals surface area contributed by atoms with Gasteiger partial charge in [-0.1, -0.05) is 31.5 Å². The van der Waals surface area contributed by atoms with Gasteiger partial charge in [0.2, 0.25) is 0 Å². The van der Waals surface area contributed by atoms with Crippen LogP contribution in [0.3, 0.4) is 0 Å². The maximum absolute atomic E-state index is 11.1. The summed E-state index contributed by atoms with van der Waals surface area (Å²) in [6.45, 7) is 3.87. The van der Waals surface area contributed by atoms with Crippen LogP contribution in [0.1, 0.15) is 19.8 Å². The molecule has 21 heavy (non-hydrogen) atoms. The van der Waals surface area contributed by atoms with E-state index in [4.69, 9.17) is 4.74 Å². The fourth-order valence-corrected chi connectivity index (χ4v) is 2.05. The molecule has 0 aliphatic heterocycles. The summed E-state index contributed by atoms with van der Waals surface area (Å²) in [5.74, 6) is 0. The van der Waals surface area contributed by atoms with E-state index in [9.17, 15) is 10.1 Å². The standard InChI is InChI=1S/C15H19N3O3/c1-2-3-9-21-10-8-16-15-12-6-4-5-7-13(12)17-11-14(15)18(19)20/h4-7,11H,2-3,8-10H2,1H3,(H,16,17). The van der Waals surface area contributed by atoms with Crippen molar-refractivity contribution in [3.63, 3.8) is 0 Å². The second-order valence-electron chi connectivity index (χ2n) is 4.69. The molecule has 2 aromatic rings. The first-order valence-electron chi connectivity index (χ1n) is 7.07. The highest BCUT2D eigenvalue weighted by molar-refractivity contribution is 5.95. The zero-order chi connectivity index (χ0) is 15.1. The van der Waals surface area contributed by atoms with Crippen molar-refractivity contribution in [3.8, 4) is 0 Å². The van der Waals surface area contributed by atoms with Gasteiger partial charge in [-0.3, -0.25) is 10.1 Å². The molecular weight excluding hydrogens is 270 g/mol. The lowest BCUT2D eigenvalue weighted by Gasteiger charge is -2.10. The predicted octanol–water partition coefficient (Wildman–Crippen LogP) is 3.37. The third-order valence-corrected chi connectivity index (χ3v) is 3.14. The molecule has 2 rings (SSSR count). The second-order valence-corrected chi connectivity index (χ2v) is 4.69. The highest BCUT2D eigenvalue weighted by Gasteiger charge is 2.17. The number of fused-ring (bicyclic) bond motifs is 1.